The van der Waals surface area contributed by atoms with Crippen LogP contribution in [-0.2, 0) is 14.8 Å². The average molecular weight is 388 g/mol. The van der Waals surface area contributed by atoms with E-state index in [4.69, 9.17) is 5.11 Å². The third-order valence-electron chi connectivity index (χ3n) is 4.46. The number of amides is 1. The maximum atomic E-state index is 12.8. The number of rotatable bonds is 5. The van der Waals surface area contributed by atoms with Gasteiger partial charge in [-0.2, -0.15) is 0 Å². The molecular weight excluding hydrogens is 368 g/mol. The van der Waals surface area contributed by atoms with E-state index in [1.807, 2.05) is 0 Å². The van der Waals surface area contributed by atoms with Gasteiger partial charge in [0.2, 0.25) is 5.91 Å². The molecule has 3 rings (SSSR count). The lowest BCUT2D eigenvalue weighted by Gasteiger charge is -2.27. The Morgan fingerprint density at radius 1 is 1.15 bits per heavy atom. The summed E-state index contributed by atoms with van der Waals surface area (Å²) in [5, 5.41) is 9.11. The first kappa shape index (κ1) is 18.9. The smallest absolute Gasteiger partial charge is 0.335 e. The second-order valence-electron chi connectivity index (χ2n) is 6.44. The molecule has 0 aliphatic carbocycles. The second-order valence-corrected chi connectivity index (χ2v) is 8.09. The van der Waals surface area contributed by atoms with Crippen molar-refractivity contribution in [3.05, 3.63) is 53.6 Å². The zero-order chi connectivity index (χ0) is 19.6. The summed E-state index contributed by atoms with van der Waals surface area (Å²) in [6.45, 7) is 2.21. The molecule has 0 aromatic heterocycles. The molecule has 27 heavy (non-hydrogen) atoms. The first-order valence-corrected chi connectivity index (χ1v) is 10.0. The van der Waals surface area contributed by atoms with Gasteiger partial charge in [-0.25, -0.2) is 13.2 Å². The Hall–Kier alpha value is -2.87. The second kappa shape index (κ2) is 7.40. The van der Waals surface area contributed by atoms with E-state index in [1.54, 1.807) is 36.1 Å². The summed E-state index contributed by atoms with van der Waals surface area (Å²) in [4.78, 5) is 24.8. The third-order valence-corrected chi connectivity index (χ3v) is 5.98. The van der Waals surface area contributed by atoms with Crippen molar-refractivity contribution in [1.82, 2.24) is 0 Å². The van der Waals surface area contributed by atoms with E-state index in [0.29, 0.717) is 29.9 Å². The number of carbonyl (C=O) groups is 2. The highest BCUT2D eigenvalue weighted by Crippen LogP contribution is 2.26. The summed E-state index contributed by atoms with van der Waals surface area (Å²) < 4.78 is 28.0. The lowest BCUT2D eigenvalue weighted by molar-refractivity contribution is -0.119. The van der Waals surface area contributed by atoms with Gasteiger partial charge in [0.1, 0.15) is 0 Å². The lowest BCUT2D eigenvalue weighted by atomic mass is 10.1. The molecule has 2 aromatic carbocycles. The number of anilines is 2. The highest BCUT2D eigenvalue weighted by Gasteiger charge is 2.22. The summed E-state index contributed by atoms with van der Waals surface area (Å²) >= 11 is 0. The molecule has 0 radical (unpaired) electrons. The van der Waals surface area contributed by atoms with Crippen LogP contribution in [0, 0.1) is 6.92 Å². The Balaban J connectivity index is 1.91. The highest BCUT2D eigenvalue weighted by atomic mass is 32.2. The van der Waals surface area contributed by atoms with Crippen molar-refractivity contribution < 1.29 is 23.1 Å². The molecule has 142 valence electrons. The largest absolute Gasteiger partial charge is 0.478 e. The summed E-state index contributed by atoms with van der Waals surface area (Å²) in [6.07, 6.45) is 2.25. The average Bonchev–Trinajstić information content (AvgIpc) is 2.62. The van der Waals surface area contributed by atoms with E-state index in [-0.39, 0.29) is 16.4 Å². The Morgan fingerprint density at radius 2 is 1.93 bits per heavy atom. The van der Waals surface area contributed by atoms with Gasteiger partial charge in [0.15, 0.2) is 0 Å². The molecule has 2 N–H and O–H groups in total. The van der Waals surface area contributed by atoms with Crippen molar-refractivity contribution in [3.8, 4) is 0 Å². The van der Waals surface area contributed by atoms with Gasteiger partial charge in [-0.05, 0) is 55.7 Å². The van der Waals surface area contributed by atoms with E-state index in [1.165, 1.54) is 12.1 Å². The molecule has 0 bridgehead atoms. The standard InChI is InChI=1S/C19H20N2O5S/c1-13-8-9-14(19(23)24)11-17(13)27(25,26)20-15-5-4-6-16(12-15)21-10-3-2-7-18(21)22/h4-6,8-9,11-12,20H,2-3,7,10H2,1H3,(H,23,24). The number of piperidine rings is 1. The van der Waals surface area contributed by atoms with E-state index < -0.39 is 16.0 Å². The summed E-state index contributed by atoms with van der Waals surface area (Å²) in [5.41, 5.74) is 1.28. The van der Waals surface area contributed by atoms with Gasteiger partial charge in [-0.15, -0.1) is 0 Å². The third kappa shape index (κ3) is 4.11. The number of sulfonamides is 1. The van der Waals surface area contributed by atoms with Crippen molar-refractivity contribution in [2.45, 2.75) is 31.1 Å². The molecule has 1 heterocycles. The molecule has 1 fully saturated rings. The molecule has 0 saturated carbocycles. The predicted octanol–water partition coefficient (Wildman–Crippen LogP) is 3.01. The first-order valence-electron chi connectivity index (χ1n) is 8.55. The topological polar surface area (TPSA) is 104 Å². The monoisotopic (exact) mass is 388 g/mol. The van der Waals surface area contributed by atoms with Gasteiger partial charge >= 0.3 is 5.97 Å². The molecule has 1 saturated heterocycles. The first-order chi connectivity index (χ1) is 12.8. The van der Waals surface area contributed by atoms with Gasteiger partial charge in [0.25, 0.3) is 10.0 Å². The normalized spacial score (nSPS) is 14.9. The number of hydrogen-bond acceptors (Lipinski definition) is 4. The Morgan fingerprint density at radius 3 is 2.63 bits per heavy atom. The fraction of sp³-hybridized carbons (Fsp3) is 0.263. The number of benzene rings is 2. The number of carbonyl (C=O) groups excluding carboxylic acids is 1. The molecule has 0 unspecified atom stereocenters. The van der Waals surface area contributed by atoms with Gasteiger partial charge in [-0.1, -0.05) is 12.1 Å². The SMILES string of the molecule is Cc1ccc(C(=O)O)cc1S(=O)(=O)Nc1cccc(N2CCCCC2=O)c1. The number of hydrogen-bond donors (Lipinski definition) is 2. The fourth-order valence-electron chi connectivity index (χ4n) is 3.05. The number of aromatic carboxylic acids is 1. The Kier molecular flexibility index (Phi) is 5.18. The van der Waals surface area contributed by atoms with Crippen LogP contribution in [0.3, 0.4) is 0 Å². The number of carboxylic acid groups (broad SMARTS) is 1. The number of aryl methyl sites for hydroxylation is 1. The number of nitrogens with one attached hydrogen (secondary N) is 1. The van der Waals surface area contributed by atoms with Gasteiger partial charge in [0.05, 0.1) is 16.1 Å². The van der Waals surface area contributed by atoms with Crippen LogP contribution < -0.4 is 9.62 Å². The van der Waals surface area contributed by atoms with Crippen LogP contribution in [0.2, 0.25) is 0 Å². The minimum absolute atomic E-state index is 0.0197. The zero-order valence-electron chi connectivity index (χ0n) is 14.8. The summed E-state index contributed by atoms with van der Waals surface area (Å²) in [7, 11) is -3.98. The number of nitrogens with zero attached hydrogens (tertiary/aromatic N) is 1. The van der Waals surface area contributed by atoms with Crippen molar-refractivity contribution in [2.75, 3.05) is 16.2 Å². The molecule has 1 aliphatic heterocycles. The highest BCUT2D eigenvalue weighted by molar-refractivity contribution is 7.92. The van der Waals surface area contributed by atoms with Crippen molar-refractivity contribution in [1.29, 1.82) is 0 Å². The molecular formula is C19H20N2O5S. The molecule has 7 nitrogen and oxygen atoms in total. The van der Waals surface area contributed by atoms with Crippen molar-refractivity contribution in [3.63, 3.8) is 0 Å². The van der Waals surface area contributed by atoms with Crippen LogP contribution in [-0.4, -0.2) is 31.9 Å². The molecule has 1 amide bonds. The van der Waals surface area contributed by atoms with E-state index in [2.05, 4.69) is 4.72 Å². The fourth-order valence-corrected chi connectivity index (χ4v) is 4.37. The van der Waals surface area contributed by atoms with Crippen LogP contribution in [0.15, 0.2) is 47.4 Å². The Labute approximate surface area is 157 Å². The van der Waals surface area contributed by atoms with Crippen LogP contribution in [0.4, 0.5) is 11.4 Å². The summed E-state index contributed by atoms with van der Waals surface area (Å²) in [5.74, 6) is -1.18. The molecule has 1 aliphatic rings. The Bertz CT molecular complexity index is 1000. The number of carboxylic acids is 1. The zero-order valence-corrected chi connectivity index (χ0v) is 15.6. The van der Waals surface area contributed by atoms with E-state index in [0.717, 1.165) is 18.9 Å². The minimum Gasteiger partial charge on any atom is -0.478 e. The lowest BCUT2D eigenvalue weighted by Crippen LogP contribution is -2.35. The van der Waals surface area contributed by atoms with Gasteiger partial charge in [-0.3, -0.25) is 9.52 Å². The van der Waals surface area contributed by atoms with Crippen LogP contribution in [0.5, 0.6) is 0 Å². The molecule has 0 spiro atoms. The minimum atomic E-state index is -3.98. The quantitative estimate of drug-likeness (QED) is 0.819. The van der Waals surface area contributed by atoms with Gasteiger partial charge in [0, 0.05) is 18.7 Å². The van der Waals surface area contributed by atoms with Gasteiger partial charge < -0.3 is 10.0 Å². The van der Waals surface area contributed by atoms with Crippen LogP contribution >= 0.6 is 0 Å². The maximum absolute atomic E-state index is 12.8. The molecule has 0 atom stereocenters. The van der Waals surface area contributed by atoms with Crippen LogP contribution in [0.25, 0.3) is 0 Å². The molecule has 2 aromatic rings. The van der Waals surface area contributed by atoms with E-state index in [9.17, 15) is 18.0 Å². The van der Waals surface area contributed by atoms with Crippen LogP contribution in [0.1, 0.15) is 35.2 Å². The van der Waals surface area contributed by atoms with E-state index >= 15 is 0 Å². The van der Waals surface area contributed by atoms with Crippen molar-refractivity contribution >= 4 is 33.3 Å². The summed E-state index contributed by atoms with van der Waals surface area (Å²) in [6, 6.07) is 10.6. The van der Waals surface area contributed by atoms with Crippen molar-refractivity contribution in [2.24, 2.45) is 0 Å². The maximum Gasteiger partial charge on any atom is 0.335 e. The predicted molar refractivity (Wildman–Crippen MR) is 102 cm³/mol. The molecule has 8 heteroatoms.